The average Bonchev–Trinajstić information content (AvgIpc) is 2.60. The standard InChI is InChI=1S/C18H16Cl2O5/c1-23-13-6-12(20)7-14(8-13)24-17(21)15-5-11-4-10(9-19)2-3-16(11)25-18(15)22/h2-4,7-8,12,15H,5-6,9H2,1H3. The van der Waals surface area contributed by atoms with Crippen molar-refractivity contribution in [1.82, 2.24) is 0 Å². The van der Waals surface area contributed by atoms with Crippen LogP contribution in [-0.2, 0) is 31.4 Å². The molecule has 0 spiro atoms. The first-order chi connectivity index (χ1) is 12.0. The van der Waals surface area contributed by atoms with E-state index in [1.54, 1.807) is 24.3 Å². The fourth-order valence-corrected chi connectivity index (χ4v) is 3.17. The summed E-state index contributed by atoms with van der Waals surface area (Å²) < 4.78 is 15.7. The number of carbonyl (C=O) groups is 2. The minimum Gasteiger partial charge on any atom is -0.501 e. The molecule has 1 aliphatic heterocycles. The largest absolute Gasteiger partial charge is 0.501 e. The molecule has 1 heterocycles. The molecule has 0 saturated heterocycles. The minimum atomic E-state index is -1.03. The van der Waals surface area contributed by atoms with Gasteiger partial charge in [0.25, 0.3) is 0 Å². The number of halogens is 2. The van der Waals surface area contributed by atoms with Gasteiger partial charge in [0.1, 0.15) is 17.3 Å². The Balaban J connectivity index is 1.76. The average molecular weight is 383 g/mol. The first-order valence-electron chi connectivity index (χ1n) is 7.71. The second-order valence-electron chi connectivity index (χ2n) is 5.78. The predicted molar refractivity (Wildman–Crippen MR) is 92.4 cm³/mol. The van der Waals surface area contributed by atoms with E-state index < -0.39 is 17.9 Å². The predicted octanol–water partition coefficient (Wildman–Crippen LogP) is 3.47. The number of fused-ring (bicyclic) bond motifs is 1. The second kappa shape index (κ2) is 7.50. The molecule has 0 aromatic heterocycles. The molecule has 132 valence electrons. The molecule has 2 atom stereocenters. The monoisotopic (exact) mass is 382 g/mol. The number of allylic oxidation sites excluding steroid dienone is 3. The third kappa shape index (κ3) is 3.99. The molecule has 3 rings (SSSR count). The maximum absolute atomic E-state index is 12.4. The van der Waals surface area contributed by atoms with Crippen LogP contribution in [0.5, 0.6) is 5.75 Å². The van der Waals surface area contributed by atoms with Gasteiger partial charge < -0.3 is 14.2 Å². The first-order valence-corrected chi connectivity index (χ1v) is 8.69. The van der Waals surface area contributed by atoms with E-state index in [2.05, 4.69) is 0 Å². The highest BCUT2D eigenvalue weighted by Gasteiger charge is 2.36. The number of benzene rings is 1. The number of rotatable bonds is 4. The summed E-state index contributed by atoms with van der Waals surface area (Å²) in [6.45, 7) is 0. The van der Waals surface area contributed by atoms with Crippen molar-refractivity contribution in [1.29, 1.82) is 0 Å². The van der Waals surface area contributed by atoms with Gasteiger partial charge in [0, 0.05) is 24.8 Å². The van der Waals surface area contributed by atoms with Crippen LogP contribution in [0.2, 0.25) is 0 Å². The number of esters is 2. The Labute approximate surface area is 155 Å². The molecule has 1 aromatic rings. The summed E-state index contributed by atoms with van der Waals surface area (Å²) in [5.74, 6) is -0.696. The van der Waals surface area contributed by atoms with E-state index in [0.717, 1.165) is 11.1 Å². The molecular formula is C18H16Cl2O5. The fraction of sp³-hybridized carbons (Fsp3) is 0.333. The molecule has 0 fully saturated rings. The third-order valence-electron chi connectivity index (χ3n) is 4.01. The zero-order valence-corrected chi connectivity index (χ0v) is 15.0. The molecule has 0 radical (unpaired) electrons. The highest BCUT2D eigenvalue weighted by Crippen LogP contribution is 2.31. The lowest BCUT2D eigenvalue weighted by atomic mass is 9.95. The van der Waals surface area contributed by atoms with Gasteiger partial charge in [-0.15, -0.1) is 23.2 Å². The fourth-order valence-electron chi connectivity index (χ4n) is 2.73. The molecule has 0 bridgehead atoms. The number of ether oxygens (including phenoxy) is 3. The lowest BCUT2D eigenvalue weighted by Crippen LogP contribution is -2.35. The van der Waals surface area contributed by atoms with E-state index >= 15 is 0 Å². The molecule has 0 saturated carbocycles. The highest BCUT2D eigenvalue weighted by atomic mass is 35.5. The summed E-state index contributed by atoms with van der Waals surface area (Å²) in [4.78, 5) is 24.6. The van der Waals surface area contributed by atoms with Crippen LogP contribution in [0.15, 0.2) is 41.9 Å². The number of alkyl halides is 2. The van der Waals surface area contributed by atoms with Crippen molar-refractivity contribution in [2.24, 2.45) is 5.92 Å². The Morgan fingerprint density at radius 3 is 2.88 bits per heavy atom. The van der Waals surface area contributed by atoms with Gasteiger partial charge in [-0.2, -0.15) is 0 Å². The van der Waals surface area contributed by atoms with Gasteiger partial charge in [-0.05, 0) is 23.3 Å². The first kappa shape index (κ1) is 17.8. The van der Waals surface area contributed by atoms with Gasteiger partial charge in [0.15, 0.2) is 5.92 Å². The quantitative estimate of drug-likeness (QED) is 0.345. The summed E-state index contributed by atoms with van der Waals surface area (Å²) in [5.41, 5.74) is 1.64. The lowest BCUT2D eigenvalue weighted by molar-refractivity contribution is -0.155. The van der Waals surface area contributed by atoms with Gasteiger partial charge in [0.2, 0.25) is 0 Å². The molecule has 5 nitrogen and oxygen atoms in total. The number of carbonyl (C=O) groups excluding carboxylic acids is 2. The van der Waals surface area contributed by atoms with Crippen LogP contribution in [0.3, 0.4) is 0 Å². The molecule has 2 unspecified atom stereocenters. The van der Waals surface area contributed by atoms with Crippen LogP contribution < -0.4 is 4.74 Å². The molecule has 7 heteroatoms. The van der Waals surface area contributed by atoms with Crippen LogP contribution in [0.25, 0.3) is 0 Å². The summed E-state index contributed by atoms with van der Waals surface area (Å²) in [5, 5.41) is -0.340. The number of hydrogen-bond acceptors (Lipinski definition) is 5. The topological polar surface area (TPSA) is 61.8 Å². The van der Waals surface area contributed by atoms with E-state index in [0.29, 0.717) is 23.8 Å². The summed E-state index contributed by atoms with van der Waals surface area (Å²) in [7, 11) is 1.52. The third-order valence-corrected chi connectivity index (χ3v) is 4.60. The molecule has 1 aromatic carbocycles. The Hall–Kier alpha value is -1.98. The molecule has 25 heavy (non-hydrogen) atoms. The van der Waals surface area contributed by atoms with Gasteiger partial charge in [-0.1, -0.05) is 12.1 Å². The van der Waals surface area contributed by atoms with E-state index in [9.17, 15) is 9.59 Å². The Bertz CT molecular complexity index is 769. The van der Waals surface area contributed by atoms with E-state index in [4.69, 9.17) is 37.4 Å². The maximum atomic E-state index is 12.4. The molecule has 1 aliphatic carbocycles. The Morgan fingerprint density at radius 2 is 2.16 bits per heavy atom. The zero-order chi connectivity index (χ0) is 18.0. The normalized spacial score (nSPS) is 22.3. The van der Waals surface area contributed by atoms with E-state index in [1.165, 1.54) is 7.11 Å². The van der Waals surface area contributed by atoms with Crippen molar-refractivity contribution < 1.29 is 23.8 Å². The molecule has 0 amide bonds. The summed E-state index contributed by atoms with van der Waals surface area (Å²) >= 11 is 11.9. The zero-order valence-electron chi connectivity index (χ0n) is 13.5. The van der Waals surface area contributed by atoms with Crippen LogP contribution in [0, 0.1) is 5.92 Å². The van der Waals surface area contributed by atoms with Crippen molar-refractivity contribution in [3.63, 3.8) is 0 Å². The van der Waals surface area contributed by atoms with Gasteiger partial charge in [-0.3, -0.25) is 9.59 Å². The van der Waals surface area contributed by atoms with Crippen molar-refractivity contribution in [3.05, 3.63) is 53.0 Å². The van der Waals surface area contributed by atoms with Crippen LogP contribution in [0.1, 0.15) is 17.5 Å². The molecule has 0 N–H and O–H groups in total. The highest BCUT2D eigenvalue weighted by molar-refractivity contribution is 6.22. The van der Waals surface area contributed by atoms with E-state index in [-0.39, 0.29) is 17.6 Å². The van der Waals surface area contributed by atoms with Crippen LogP contribution >= 0.6 is 23.2 Å². The minimum absolute atomic E-state index is 0.205. The van der Waals surface area contributed by atoms with Gasteiger partial charge >= 0.3 is 11.9 Å². The Kier molecular flexibility index (Phi) is 5.35. The van der Waals surface area contributed by atoms with Crippen LogP contribution in [0.4, 0.5) is 0 Å². The molecular weight excluding hydrogens is 367 g/mol. The number of methoxy groups -OCH3 is 1. The summed E-state index contributed by atoms with van der Waals surface area (Å²) in [6, 6.07) is 5.29. The smallest absolute Gasteiger partial charge is 0.326 e. The summed E-state index contributed by atoms with van der Waals surface area (Å²) in [6.07, 6.45) is 3.91. The van der Waals surface area contributed by atoms with Crippen molar-refractivity contribution in [2.75, 3.05) is 7.11 Å². The van der Waals surface area contributed by atoms with Crippen molar-refractivity contribution >= 4 is 35.1 Å². The Morgan fingerprint density at radius 1 is 1.36 bits per heavy atom. The SMILES string of the molecule is COC1=CC(OC(=O)C2Cc3cc(CCl)ccc3OC2=O)=CC(Cl)C1. The van der Waals surface area contributed by atoms with Crippen molar-refractivity contribution in [3.8, 4) is 5.75 Å². The van der Waals surface area contributed by atoms with Gasteiger partial charge in [0.05, 0.1) is 12.5 Å². The van der Waals surface area contributed by atoms with Crippen molar-refractivity contribution in [2.45, 2.75) is 24.1 Å². The maximum Gasteiger partial charge on any atom is 0.326 e. The van der Waals surface area contributed by atoms with E-state index in [1.807, 2.05) is 6.07 Å². The second-order valence-corrected chi connectivity index (χ2v) is 6.61. The van der Waals surface area contributed by atoms with Gasteiger partial charge in [-0.25, -0.2) is 0 Å². The van der Waals surface area contributed by atoms with Crippen LogP contribution in [-0.4, -0.2) is 24.4 Å². The molecule has 2 aliphatic rings. The lowest BCUT2D eigenvalue weighted by Gasteiger charge is -2.23. The number of hydrogen-bond donors (Lipinski definition) is 0.